The highest BCUT2D eigenvalue weighted by molar-refractivity contribution is 5.78. The Hall–Kier alpha value is -0.570. The molecule has 0 heterocycles. The van der Waals surface area contributed by atoms with Crippen LogP contribution in [0.4, 0.5) is 0 Å². The molecule has 0 aliphatic rings. The summed E-state index contributed by atoms with van der Waals surface area (Å²) >= 11 is 0. The van der Waals surface area contributed by atoms with Crippen molar-refractivity contribution >= 4 is 5.91 Å². The zero-order valence-corrected chi connectivity index (χ0v) is 8.55. The van der Waals surface area contributed by atoms with Crippen LogP contribution < -0.4 is 5.32 Å². The van der Waals surface area contributed by atoms with Gasteiger partial charge in [-0.05, 0) is 13.5 Å². The number of rotatable bonds is 5. The lowest BCUT2D eigenvalue weighted by Crippen LogP contribution is -2.35. The van der Waals surface area contributed by atoms with Crippen LogP contribution in [0.25, 0.3) is 0 Å². The molecular weight excluding hydrogens is 152 g/mol. The lowest BCUT2D eigenvalue weighted by atomic mass is 10.1. The van der Waals surface area contributed by atoms with E-state index < -0.39 is 0 Å². The molecule has 0 bridgehead atoms. The standard InChI is InChI=1S/C9H20N2O/c1-5-8(2)9(12)11(4)7-6-10-3/h8,10H,5-7H2,1-4H3. The fourth-order valence-corrected chi connectivity index (χ4v) is 0.941. The Kier molecular flexibility index (Phi) is 5.72. The van der Waals surface area contributed by atoms with Crippen molar-refractivity contribution in [1.29, 1.82) is 0 Å². The van der Waals surface area contributed by atoms with Crippen molar-refractivity contribution in [2.75, 3.05) is 27.2 Å². The Morgan fingerprint density at radius 3 is 2.58 bits per heavy atom. The molecule has 0 fully saturated rings. The highest BCUT2D eigenvalue weighted by Gasteiger charge is 2.14. The zero-order chi connectivity index (χ0) is 9.56. The van der Waals surface area contributed by atoms with Crippen molar-refractivity contribution in [2.24, 2.45) is 5.92 Å². The van der Waals surface area contributed by atoms with Crippen molar-refractivity contribution in [2.45, 2.75) is 20.3 Å². The van der Waals surface area contributed by atoms with Gasteiger partial charge in [-0.2, -0.15) is 0 Å². The first-order chi connectivity index (χ1) is 5.63. The average Bonchev–Trinajstić information content (AvgIpc) is 2.11. The molecule has 1 unspecified atom stereocenters. The first-order valence-electron chi connectivity index (χ1n) is 4.53. The van der Waals surface area contributed by atoms with E-state index in [1.54, 1.807) is 4.90 Å². The molecule has 1 atom stereocenters. The van der Waals surface area contributed by atoms with Gasteiger partial charge in [0, 0.05) is 26.1 Å². The number of carbonyl (C=O) groups is 1. The Morgan fingerprint density at radius 1 is 1.58 bits per heavy atom. The van der Waals surface area contributed by atoms with Crippen LogP contribution in [0.15, 0.2) is 0 Å². The van der Waals surface area contributed by atoms with Gasteiger partial charge in [-0.25, -0.2) is 0 Å². The molecule has 0 aliphatic heterocycles. The van der Waals surface area contributed by atoms with Gasteiger partial charge in [0.15, 0.2) is 0 Å². The SMILES string of the molecule is CCC(C)C(=O)N(C)CCNC. The van der Waals surface area contributed by atoms with Crippen LogP contribution in [0.5, 0.6) is 0 Å². The van der Waals surface area contributed by atoms with Gasteiger partial charge in [-0.15, -0.1) is 0 Å². The largest absolute Gasteiger partial charge is 0.344 e. The van der Waals surface area contributed by atoms with E-state index >= 15 is 0 Å². The smallest absolute Gasteiger partial charge is 0.225 e. The van der Waals surface area contributed by atoms with Gasteiger partial charge >= 0.3 is 0 Å². The highest BCUT2D eigenvalue weighted by Crippen LogP contribution is 2.04. The molecule has 0 rings (SSSR count). The van der Waals surface area contributed by atoms with E-state index in [0.717, 1.165) is 19.5 Å². The van der Waals surface area contributed by atoms with Crippen molar-refractivity contribution in [3.63, 3.8) is 0 Å². The molecular formula is C9H20N2O. The zero-order valence-electron chi connectivity index (χ0n) is 8.55. The first-order valence-corrected chi connectivity index (χ1v) is 4.53. The van der Waals surface area contributed by atoms with Crippen LogP contribution >= 0.6 is 0 Å². The number of likely N-dealkylation sites (N-methyl/N-ethyl adjacent to an activating group) is 2. The van der Waals surface area contributed by atoms with E-state index in [1.807, 2.05) is 27.9 Å². The average molecular weight is 172 g/mol. The number of nitrogens with one attached hydrogen (secondary N) is 1. The fourth-order valence-electron chi connectivity index (χ4n) is 0.941. The third kappa shape index (κ3) is 3.72. The van der Waals surface area contributed by atoms with E-state index in [9.17, 15) is 4.79 Å². The monoisotopic (exact) mass is 172 g/mol. The van der Waals surface area contributed by atoms with Gasteiger partial charge in [-0.3, -0.25) is 4.79 Å². The maximum Gasteiger partial charge on any atom is 0.225 e. The summed E-state index contributed by atoms with van der Waals surface area (Å²) in [5, 5.41) is 3.02. The van der Waals surface area contributed by atoms with Crippen molar-refractivity contribution < 1.29 is 4.79 Å². The maximum absolute atomic E-state index is 11.5. The summed E-state index contributed by atoms with van der Waals surface area (Å²) in [6.45, 7) is 5.66. The quantitative estimate of drug-likeness (QED) is 0.662. The molecule has 72 valence electrons. The second-order valence-electron chi connectivity index (χ2n) is 3.17. The molecule has 1 N–H and O–H groups in total. The van der Waals surface area contributed by atoms with Crippen LogP contribution in [-0.2, 0) is 4.79 Å². The summed E-state index contributed by atoms with van der Waals surface area (Å²) in [5.41, 5.74) is 0. The number of hydrogen-bond donors (Lipinski definition) is 1. The summed E-state index contributed by atoms with van der Waals surface area (Å²) < 4.78 is 0. The van der Waals surface area contributed by atoms with Crippen LogP contribution in [0.3, 0.4) is 0 Å². The minimum Gasteiger partial charge on any atom is -0.344 e. The van der Waals surface area contributed by atoms with Crippen molar-refractivity contribution in [3.05, 3.63) is 0 Å². The third-order valence-corrected chi connectivity index (χ3v) is 2.11. The molecule has 0 radical (unpaired) electrons. The second-order valence-corrected chi connectivity index (χ2v) is 3.17. The number of carbonyl (C=O) groups excluding carboxylic acids is 1. The molecule has 0 aromatic heterocycles. The van der Waals surface area contributed by atoms with E-state index in [2.05, 4.69) is 5.32 Å². The molecule has 0 aromatic rings. The predicted molar refractivity (Wildman–Crippen MR) is 51.0 cm³/mol. The van der Waals surface area contributed by atoms with E-state index in [1.165, 1.54) is 0 Å². The Labute approximate surface area is 75.1 Å². The minimum absolute atomic E-state index is 0.159. The van der Waals surface area contributed by atoms with Crippen LogP contribution in [-0.4, -0.2) is 38.0 Å². The molecule has 12 heavy (non-hydrogen) atoms. The van der Waals surface area contributed by atoms with Gasteiger partial charge in [-0.1, -0.05) is 13.8 Å². The van der Waals surface area contributed by atoms with Crippen LogP contribution in [0.2, 0.25) is 0 Å². The van der Waals surface area contributed by atoms with Gasteiger partial charge < -0.3 is 10.2 Å². The Balaban J connectivity index is 3.75. The summed E-state index contributed by atoms with van der Waals surface area (Å²) in [4.78, 5) is 13.3. The lowest BCUT2D eigenvalue weighted by molar-refractivity contribution is -0.133. The fraction of sp³-hybridized carbons (Fsp3) is 0.889. The normalized spacial score (nSPS) is 12.7. The van der Waals surface area contributed by atoms with Gasteiger partial charge in [0.2, 0.25) is 5.91 Å². The lowest BCUT2D eigenvalue weighted by Gasteiger charge is -2.20. The molecule has 0 saturated carbocycles. The van der Waals surface area contributed by atoms with Crippen LogP contribution in [0.1, 0.15) is 20.3 Å². The number of hydrogen-bond acceptors (Lipinski definition) is 2. The minimum atomic E-state index is 0.159. The topological polar surface area (TPSA) is 32.3 Å². The first kappa shape index (κ1) is 11.4. The molecule has 3 nitrogen and oxygen atoms in total. The molecule has 1 amide bonds. The van der Waals surface area contributed by atoms with Crippen molar-refractivity contribution in [1.82, 2.24) is 10.2 Å². The highest BCUT2D eigenvalue weighted by atomic mass is 16.2. The summed E-state index contributed by atoms with van der Waals surface area (Å²) in [7, 11) is 3.74. The summed E-state index contributed by atoms with van der Waals surface area (Å²) in [6, 6.07) is 0. The van der Waals surface area contributed by atoms with E-state index in [-0.39, 0.29) is 11.8 Å². The van der Waals surface area contributed by atoms with Gasteiger partial charge in [0.25, 0.3) is 0 Å². The van der Waals surface area contributed by atoms with Crippen molar-refractivity contribution in [3.8, 4) is 0 Å². The Morgan fingerprint density at radius 2 is 2.17 bits per heavy atom. The van der Waals surface area contributed by atoms with E-state index in [0.29, 0.717) is 0 Å². The molecule has 0 saturated heterocycles. The summed E-state index contributed by atoms with van der Waals surface area (Å²) in [6.07, 6.45) is 0.919. The molecule has 3 heteroatoms. The van der Waals surface area contributed by atoms with E-state index in [4.69, 9.17) is 0 Å². The molecule has 0 aromatic carbocycles. The van der Waals surface area contributed by atoms with Gasteiger partial charge in [0.1, 0.15) is 0 Å². The van der Waals surface area contributed by atoms with Crippen LogP contribution in [0, 0.1) is 5.92 Å². The maximum atomic E-state index is 11.5. The third-order valence-electron chi connectivity index (χ3n) is 2.11. The molecule has 0 aliphatic carbocycles. The predicted octanol–water partition coefficient (Wildman–Crippen LogP) is 0.710. The Bertz CT molecular complexity index is 136. The molecule has 0 spiro atoms. The number of nitrogens with zero attached hydrogens (tertiary/aromatic N) is 1. The summed E-state index contributed by atoms with van der Waals surface area (Å²) in [5.74, 6) is 0.402. The second kappa shape index (κ2) is 6.00. The number of amides is 1. The van der Waals surface area contributed by atoms with Gasteiger partial charge in [0.05, 0.1) is 0 Å².